The maximum atomic E-state index is 8.88. The van der Waals surface area contributed by atoms with Crippen molar-refractivity contribution in [2.75, 3.05) is 0 Å². The van der Waals surface area contributed by atoms with Crippen LogP contribution in [0.1, 0.15) is 0 Å². The summed E-state index contributed by atoms with van der Waals surface area (Å²) in [5.41, 5.74) is 0. The van der Waals surface area contributed by atoms with Crippen molar-refractivity contribution in [1.29, 1.82) is 0 Å². The molecular formula is H15KN4O11P2. The van der Waals surface area contributed by atoms with Gasteiger partial charge in [0, 0.05) is 0 Å². The normalized spacial score (nSPS) is 7.89. The van der Waals surface area contributed by atoms with Crippen LogP contribution in [0.4, 0.5) is 0 Å². The summed E-state index contributed by atoms with van der Waals surface area (Å²) >= 11 is 0. The standard InChI is InChI=1S/K.NO3.3H3N.2H3O4P/c;2-1(3)4;;;;2*1-5(2,3)4/h;;3*1H3;2*(H3,1,2,3,4)/q+1;-1;;;;;. The van der Waals surface area contributed by atoms with Crippen molar-refractivity contribution >= 4 is 15.6 Å². The van der Waals surface area contributed by atoms with Crippen molar-refractivity contribution in [2.45, 2.75) is 0 Å². The van der Waals surface area contributed by atoms with Gasteiger partial charge < -0.3 is 63.1 Å². The third-order valence-corrected chi connectivity index (χ3v) is 0. The number of nitrogens with zero attached hydrogens (tertiary/aromatic N) is 1. The Hall–Kier alpha value is 0.936. The summed E-state index contributed by atoms with van der Waals surface area (Å²) in [6.45, 7) is 0. The zero-order chi connectivity index (χ0) is 12.6. The van der Waals surface area contributed by atoms with Crippen molar-refractivity contribution in [3.8, 4) is 0 Å². The van der Waals surface area contributed by atoms with Gasteiger partial charge in [0.25, 0.3) is 0 Å². The molecule has 0 aliphatic rings. The zero-order valence-corrected chi connectivity index (χ0v) is 14.1. The third kappa shape index (κ3) is 4910. The molecule has 0 spiro atoms. The molecule has 0 heterocycles. The van der Waals surface area contributed by atoms with Crippen molar-refractivity contribution in [2.24, 2.45) is 0 Å². The van der Waals surface area contributed by atoms with E-state index in [9.17, 15) is 0 Å². The number of phosphoric acid groups is 2. The maximum absolute atomic E-state index is 8.88. The van der Waals surface area contributed by atoms with Gasteiger partial charge in [-0.2, -0.15) is 0 Å². The van der Waals surface area contributed by atoms with Gasteiger partial charge in [-0.3, -0.25) is 0 Å². The van der Waals surface area contributed by atoms with Gasteiger partial charge in [-0.05, 0) is 0 Å². The fraction of sp³-hybridized carbons (Fsp3) is 0. The molecule has 15 nitrogen and oxygen atoms in total. The van der Waals surface area contributed by atoms with Crippen LogP contribution in [-0.4, -0.2) is 34.4 Å². The molecule has 18 heteroatoms. The van der Waals surface area contributed by atoms with E-state index in [1.165, 1.54) is 0 Å². The van der Waals surface area contributed by atoms with Crippen LogP contribution in [0.3, 0.4) is 0 Å². The number of rotatable bonds is 0. The number of hydrogen-bond acceptors (Lipinski definition) is 8. The first-order chi connectivity index (χ1) is 5.73. The molecule has 18 heavy (non-hydrogen) atoms. The largest absolute Gasteiger partial charge is 1.00 e. The van der Waals surface area contributed by atoms with Crippen molar-refractivity contribution < 1.29 is 95.0 Å². The van der Waals surface area contributed by atoms with Gasteiger partial charge in [0.05, 0.1) is 5.09 Å². The zero-order valence-electron chi connectivity index (χ0n) is 9.19. The van der Waals surface area contributed by atoms with Crippen LogP contribution < -0.4 is 69.8 Å². The van der Waals surface area contributed by atoms with Crippen LogP contribution in [0.25, 0.3) is 0 Å². The van der Waals surface area contributed by atoms with Gasteiger partial charge in [-0.25, -0.2) is 9.13 Å². The van der Waals surface area contributed by atoms with Gasteiger partial charge in [-0.1, -0.05) is 0 Å². The molecule has 0 saturated carbocycles. The van der Waals surface area contributed by atoms with E-state index < -0.39 is 20.7 Å². The molecule has 0 rings (SSSR count). The SMILES string of the molecule is N.N.N.O=P(O)(O)O.O=P(O)(O)O.O=[N+]([O-])[O-].[K+]. The summed E-state index contributed by atoms with van der Waals surface area (Å²) in [4.78, 5) is 51.4. The Balaban J connectivity index is -0.0000000183. The second kappa shape index (κ2) is 20.3. The average molecular weight is 348 g/mol. The van der Waals surface area contributed by atoms with Gasteiger partial charge in [0.1, 0.15) is 0 Å². The molecule has 15 N–H and O–H groups in total. The van der Waals surface area contributed by atoms with Crippen LogP contribution in [0.5, 0.6) is 0 Å². The third-order valence-electron chi connectivity index (χ3n) is 0. The molecule has 0 fully saturated rings. The summed E-state index contributed by atoms with van der Waals surface area (Å²) in [7, 11) is -9.28. The second-order valence-electron chi connectivity index (χ2n) is 1.25. The van der Waals surface area contributed by atoms with E-state index in [-0.39, 0.29) is 69.8 Å². The molecule has 0 aliphatic carbocycles. The predicted octanol–water partition coefficient (Wildman–Crippen LogP) is -4.61. The molecule has 0 aromatic rings. The molecule has 0 atom stereocenters. The second-order valence-corrected chi connectivity index (χ2v) is 3.30. The van der Waals surface area contributed by atoms with E-state index in [2.05, 4.69) is 0 Å². The summed E-state index contributed by atoms with van der Waals surface area (Å²) in [6, 6.07) is 0. The summed E-state index contributed by atoms with van der Waals surface area (Å²) in [5.74, 6) is 0. The molecule has 0 aromatic carbocycles. The molecule has 0 bridgehead atoms. The quantitative estimate of drug-likeness (QED) is 0.0860. The Kier molecular flexibility index (Phi) is 48.1. The molecule has 0 unspecified atom stereocenters. The fourth-order valence-electron chi connectivity index (χ4n) is 0. The van der Waals surface area contributed by atoms with Gasteiger partial charge in [0.15, 0.2) is 0 Å². The predicted molar refractivity (Wildman–Crippen MR) is 54.0 cm³/mol. The Morgan fingerprint density at radius 2 is 0.722 bits per heavy atom. The summed E-state index contributed by atoms with van der Waals surface area (Å²) < 4.78 is 17.8. The first kappa shape index (κ1) is 42.8. The first-order valence-electron chi connectivity index (χ1n) is 2.11. The smallest absolute Gasteiger partial charge is 0.356 e. The molecule has 0 amide bonds. The number of hydrogen-bond donors (Lipinski definition) is 9. The van der Waals surface area contributed by atoms with Gasteiger partial charge in [-0.15, -0.1) is 0 Å². The van der Waals surface area contributed by atoms with Crippen LogP contribution in [0.2, 0.25) is 0 Å². The Bertz CT molecular complexity index is 203. The monoisotopic (exact) mass is 348 g/mol. The Morgan fingerprint density at radius 3 is 0.722 bits per heavy atom. The summed E-state index contributed by atoms with van der Waals surface area (Å²) in [6.07, 6.45) is 0. The fourth-order valence-corrected chi connectivity index (χ4v) is 0. The molecule has 0 radical (unpaired) electrons. The minimum atomic E-state index is -4.64. The van der Waals surface area contributed by atoms with Gasteiger partial charge >= 0.3 is 67.0 Å². The van der Waals surface area contributed by atoms with E-state index in [0.29, 0.717) is 0 Å². The van der Waals surface area contributed by atoms with E-state index in [4.69, 9.17) is 53.8 Å². The van der Waals surface area contributed by atoms with E-state index in [0.717, 1.165) is 0 Å². The Labute approximate surface area is 143 Å². The van der Waals surface area contributed by atoms with Crippen LogP contribution in [0.15, 0.2) is 0 Å². The molecule has 0 aliphatic heterocycles. The minimum Gasteiger partial charge on any atom is -0.356 e. The van der Waals surface area contributed by atoms with Crippen LogP contribution >= 0.6 is 15.6 Å². The Morgan fingerprint density at radius 1 is 0.722 bits per heavy atom. The van der Waals surface area contributed by atoms with Gasteiger partial charge in [0.2, 0.25) is 0 Å². The molecule has 0 aromatic heterocycles. The maximum Gasteiger partial charge on any atom is 1.00 e. The topological polar surface area (TPSA) is 327 Å². The molecule has 112 valence electrons. The first-order valence-corrected chi connectivity index (χ1v) is 5.24. The average Bonchev–Trinajstić information content (AvgIpc) is 1.45. The van der Waals surface area contributed by atoms with E-state index in [1.807, 2.05) is 0 Å². The van der Waals surface area contributed by atoms with E-state index >= 15 is 0 Å². The molecular weight excluding hydrogens is 333 g/mol. The van der Waals surface area contributed by atoms with Crippen LogP contribution in [0, 0.1) is 15.3 Å². The molecule has 0 saturated heterocycles. The summed E-state index contributed by atoms with van der Waals surface area (Å²) in [5, 5.41) is 14.8. The van der Waals surface area contributed by atoms with Crippen LogP contribution in [-0.2, 0) is 9.13 Å². The minimum absolute atomic E-state index is 0. The van der Waals surface area contributed by atoms with E-state index in [1.54, 1.807) is 0 Å². The van der Waals surface area contributed by atoms with Crippen molar-refractivity contribution in [3.05, 3.63) is 15.3 Å². The van der Waals surface area contributed by atoms with Crippen molar-refractivity contribution in [1.82, 2.24) is 18.5 Å². The van der Waals surface area contributed by atoms with Crippen molar-refractivity contribution in [3.63, 3.8) is 0 Å².